The minimum atomic E-state index is -4.33. The number of halogens is 1. The molecule has 240 valence electrons. The number of carbonyl (C=O) groups excluding carboxylic acids is 2. The van der Waals surface area contributed by atoms with Gasteiger partial charge in [-0.25, -0.2) is 8.42 Å². The summed E-state index contributed by atoms with van der Waals surface area (Å²) < 4.78 is 28.9. The van der Waals surface area contributed by atoms with Crippen molar-refractivity contribution in [2.75, 3.05) is 10.8 Å². The van der Waals surface area contributed by atoms with Crippen LogP contribution in [0.4, 0.5) is 11.4 Å². The number of hydrogen-bond donors (Lipinski definition) is 1. The van der Waals surface area contributed by atoms with Crippen molar-refractivity contribution < 1.29 is 22.9 Å². The zero-order valence-electron chi connectivity index (χ0n) is 25.7. The number of sulfonamides is 1. The van der Waals surface area contributed by atoms with Crippen molar-refractivity contribution in [3.05, 3.63) is 135 Å². The van der Waals surface area contributed by atoms with Crippen LogP contribution in [0, 0.1) is 10.1 Å². The van der Waals surface area contributed by atoms with Crippen LogP contribution in [0.2, 0.25) is 5.02 Å². The highest BCUT2D eigenvalue weighted by Crippen LogP contribution is 2.27. The molecule has 10 nitrogen and oxygen atoms in total. The van der Waals surface area contributed by atoms with Crippen LogP contribution < -0.4 is 9.62 Å². The molecule has 0 aliphatic heterocycles. The van der Waals surface area contributed by atoms with Gasteiger partial charge in [0.1, 0.15) is 12.6 Å². The smallest absolute Gasteiger partial charge is 0.269 e. The average Bonchev–Trinajstić information content (AvgIpc) is 3.02. The Kier molecular flexibility index (Phi) is 10.8. The highest BCUT2D eigenvalue weighted by atomic mass is 35.5. The normalized spacial score (nSPS) is 12.2. The van der Waals surface area contributed by atoms with Crippen molar-refractivity contribution in [1.29, 1.82) is 0 Å². The van der Waals surface area contributed by atoms with Crippen LogP contribution in [-0.4, -0.2) is 48.2 Å². The quantitative estimate of drug-likeness (QED) is 0.146. The van der Waals surface area contributed by atoms with Gasteiger partial charge in [-0.3, -0.25) is 24.0 Å². The molecular weight excluding hydrogens is 628 g/mol. The van der Waals surface area contributed by atoms with E-state index in [2.05, 4.69) is 5.32 Å². The lowest BCUT2D eigenvalue weighted by Crippen LogP contribution is -2.56. The number of hydrogen-bond acceptors (Lipinski definition) is 6. The lowest BCUT2D eigenvalue weighted by Gasteiger charge is -2.35. The molecule has 4 aromatic carbocycles. The molecular formula is C34H35ClN4O6S. The van der Waals surface area contributed by atoms with E-state index in [0.29, 0.717) is 10.6 Å². The van der Waals surface area contributed by atoms with Gasteiger partial charge in [-0.2, -0.15) is 0 Å². The van der Waals surface area contributed by atoms with Gasteiger partial charge >= 0.3 is 0 Å². The Morgan fingerprint density at radius 2 is 1.41 bits per heavy atom. The van der Waals surface area contributed by atoms with E-state index in [9.17, 15) is 28.1 Å². The molecule has 0 unspecified atom stereocenters. The molecule has 0 saturated heterocycles. The second-order valence-electron chi connectivity index (χ2n) is 11.7. The van der Waals surface area contributed by atoms with E-state index in [1.807, 2.05) is 51.1 Å². The summed E-state index contributed by atoms with van der Waals surface area (Å²) in [6, 6.07) is 27.5. The third-order valence-corrected chi connectivity index (χ3v) is 9.03. The monoisotopic (exact) mass is 662 g/mol. The molecule has 0 heterocycles. The summed E-state index contributed by atoms with van der Waals surface area (Å²) in [5, 5.41) is 14.8. The fourth-order valence-corrected chi connectivity index (χ4v) is 6.34. The lowest BCUT2D eigenvalue weighted by molar-refractivity contribution is -0.384. The van der Waals surface area contributed by atoms with Gasteiger partial charge in [-0.05, 0) is 68.3 Å². The van der Waals surface area contributed by atoms with Gasteiger partial charge in [0, 0.05) is 35.7 Å². The van der Waals surface area contributed by atoms with Crippen LogP contribution in [-0.2, 0) is 32.6 Å². The first-order valence-electron chi connectivity index (χ1n) is 14.5. The Labute approximate surface area is 273 Å². The van der Waals surface area contributed by atoms with Crippen molar-refractivity contribution in [3.8, 4) is 0 Å². The number of nitrogens with zero attached hydrogens (tertiary/aromatic N) is 3. The largest absolute Gasteiger partial charge is 0.350 e. The minimum Gasteiger partial charge on any atom is -0.350 e. The Bertz CT molecular complexity index is 1760. The fourth-order valence-electron chi connectivity index (χ4n) is 4.78. The number of benzene rings is 4. The predicted molar refractivity (Wildman–Crippen MR) is 178 cm³/mol. The predicted octanol–water partition coefficient (Wildman–Crippen LogP) is 6.00. The summed E-state index contributed by atoms with van der Waals surface area (Å²) >= 11 is 6.12. The van der Waals surface area contributed by atoms with E-state index in [1.165, 1.54) is 41.3 Å². The van der Waals surface area contributed by atoms with Gasteiger partial charge in [-0.15, -0.1) is 0 Å². The van der Waals surface area contributed by atoms with Gasteiger partial charge in [0.05, 0.1) is 15.5 Å². The molecule has 12 heteroatoms. The molecule has 0 bridgehead atoms. The van der Waals surface area contributed by atoms with E-state index in [1.54, 1.807) is 42.5 Å². The van der Waals surface area contributed by atoms with Crippen LogP contribution in [0.15, 0.2) is 114 Å². The van der Waals surface area contributed by atoms with Crippen LogP contribution in [0.25, 0.3) is 0 Å². The molecule has 0 aliphatic carbocycles. The van der Waals surface area contributed by atoms with Gasteiger partial charge < -0.3 is 10.2 Å². The number of carbonyl (C=O) groups is 2. The third kappa shape index (κ3) is 8.92. The Balaban J connectivity index is 1.82. The zero-order chi connectivity index (χ0) is 33.5. The molecule has 4 aromatic rings. The Hall–Kier alpha value is -4.74. The second kappa shape index (κ2) is 14.6. The maximum absolute atomic E-state index is 14.5. The van der Waals surface area contributed by atoms with E-state index in [0.717, 1.165) is 9.87 Å². The van der Waals surface area contributed by atoms with Crippen LogP contribution in [0.1, 0.15) is 31.9 Å². The molecule has 1 atom stereocenters. The van der Waals surface area contributed by atoms with Crippen LogP contribution >= 0.6 is 11.6 Å². The lowest BCUT2D eigenvalue weighted by atomic mass is 10.0. The molecule has 0 fully saturated rings. The van der Waals surface area contributed by atoms with Crippen molar-refractivity contribution in [2.45, 2.75) is 50.2 Å². The summed E-state index contributed by atoms with van der Waals surface area (Å²) in [4.78, 5) is 40.4. The topological polar surface area (TPSA) is 130 Å². The van der Waals surface area contributed by atoms with Crippen molar-refractivity contribution in [2.24, 2.45) is 0 Å². The maximum Gasteiger partial charge on any atom is 0.269 e. The maximum atomic E-state index is 14.5. The summed E-state index contributed by atoms with van der Waals surface area (Å²) in [5.41, 5.74) is 0.663. The molecule has 2 amide bonds. The van der Waals surface area contributed by atoms with E-state index >= 15 is 0 Å². The number of nitro groups is 1. The molecule has 0 radical (unpaired) electrons. The van der Waals surface area contributed by atoms with Crippen LogP contribution in [0.3, 0.4) is 0 Å². The molecule has 0 spiro atoms. The van der Waals surface area contributed by atoms with E-state index < -0.39 is 44.9 Å². The van der Waals surface area contributed by atoms with Gasteiger partial charge in [0.25, 0.3) is 15.7 Å². The molecule has 0 aromatic heterocycles. The SMILES string of the molecule is CC(C)(C)NC(=O)[C@@H](Cc1ccccc1)N(Cc1ccc(Cl)cc1)C(=O)CN(c1ccc([N+](=O)[O-])cc1)S(=O)(=O)c1ccccc1. The summed E-state index contributed by atoms with van der Waals surface area (Å²) in [6.45, 7) is 4.79. The molecule has 1 N–H and O–H groups in total. The summed E-state index contributed by atoms with van der Waals surface area (Å²) in [7, 11) is -4.33. The van der Waals surface area contributed by atoms with Gasteiger partial charge in [0.2, 0.25) is 11.8 Å². The molecule has 0 aliphatic rings. The molecule has 46 heavy (non-hydrogen) atoms. The van der Waals surface area contributed by atoms with E-state index in [-0.39, 0.29) is 29.2 Å². The first-order chi connectivity index (χ1) is 21.7. The van der Waals surface area contributed by atoms with Crippen molar-refractivity contribution in [1.82, 2.24) is 10.2 Å². The zero-order valence-corrected chi connectivity index (χ0v) is 27.2. The fraction of sp³-hybridized carbons (Fsp3) is 0.235. The highest BCUT2D eigenvalue weighted by Gasteiger charge is 2.35. The van der Waals surface area contributed by atoms with Gasteiger partial charge in [-0.1, -0.05) is 72.3 Å². The molecule has 0 saturated carbocycles. The van der Waals surface area contributed by atoms with Crippen LogP contribution in [0.5, 0.6) is 0 Å². The number of non-ortho nitro benzene ring substituents is 1. The Morgan fingerprint density at radius 1 is 0.848 bits per heavy atom. The number of nitrogens with one attached hydrogen (secondary N) is 1. The standard InChI is InChI=1S/C34H35ClN4O6S/c1-34(2,3)36-33(41)31(22-25-10-6-4-7-11-25)37(23-26-14-16-27(35)17-15-26)32(40)24-38(28-18-20-29(21-19-28)39(42)43)46(44,45)30-12-8-5-9-13-30/h4-21,31H,22-24H2,1-3H3,(H,36,41)/t31-/m1/s1. The summed E-state index contributed by atoms with van der Waals surface area (Å²) in [6.07, 6.45) is 0.158. The van der Waals surface area contributed by atoms with Crippen molar-refractivity contribution >= 4 is 44.8 Å². The molecule has 4 rings (SSSR count). The highest BCUT2D eigenvalue weighted by molar-refractivity contribution is 7.92. The number of nitro benzene ring substituents is 1. The first-order valence-corrected chi connectivity index (χ1v) is 16.3. The second-order valence-corrected chi connectivity index (χ2v) is 14.0. The van der Waals surface area contributed by atoms with E-state index in [4.69, 9.17) is 11.6 Å². The van der Waals surface area contributed by atoms with Gasteiger partial charge in [0.15, 0.2) is 0 Å². The average molecular weight is 663 g/mol. The number of anilines is 1. The van der Waals surface area contributed by atoms with Crippen molar-refractivity contribution in [3.63, 3.8) is 0 Å². The minimum absolute atomic E-state index is 0.0233. The summed E-state index contributed by atoms with van der Waals surface area (Å²) in [5.74, 6) is -1.07. The third-order valence-electron chi connectivity index (χ3n) is 6.99. The Morgan fingerprint density at radius 3 is 1.96 bits per heavy atom. The number of rotatable bonds is 12. The number of amides is 2. The first kappa shape index (κ1) is 34.1.